The van der Waals surface area contributed by atoms with Crippen LogP contribution in [0.25, 0.3) is 0 Å². The molecular formula is C20H28FN3O3. The fourth-order valence-electron chi connectivity index (χ4n) is 4.41. The molecule has 1 N–H and O–H groups in total. The maximum atomic E-state index is 13.9. The summed E-state index contributed by atoms with van der Waals surface area (Å²) >= 11 is 0. The van der Waals surface area contributed by atoms with Gasteiger partial charge in [0.25, 0.3) is 0 Å². The lowest BCUT2D eigenvalue weighted by atomic mass is 10.1. The van der Waals surface area contributed by atoms with Crippen LogP contribution in [-0.4, -0.2) is 67.1 Å². The summed E-state index contributed by atoms with van der Waals surface area (Å²) < 4.78 is 26.0. The number of hydrogen-bond donors (Lipinski definition) is 1. The van der Waals surface area contributed by atoms with E-state index in [0.717, 1.165) is 13.0 Å². The van der Waals surface area contributed by atoms with Gasteiger partial charge in [-0.05, 0) is 31.4 Å². The number of carbonyl (C=O) groups is 1. The van der Waals surface area contributed by atoms with Gasteiger partial charge in [-0.15, -0.1) is 0 Å². The molecule has 1 aromatic rings. The third-order valence-electron chi connectivity index (χ3n) is 5.80. The number of amides is 2. The molecule has 27 heavy (non-hydrogen) atoms. The molecule has 7 heteroatoms. The van der Waals surface area contributed by atoms with Crippen LogP contribution in [0, 0.1) is 5.82 Å². The molecule has 3 aliphatic rings. The molecule has 6 nitrogen and oxygen atoms in total. The van der Waals surface area contributed by atoms with Crippen molar-refractivity contribution in [3.8, 4) is 0 Å². The summed E-state index contributed by atoms with van der Waals surface area (Å²) in [4.78, 5) is 16.9. The van der Waals surface area contributed by atoms with E-state index in [0.29, 0.717) is 38.9 Å². The molecular weight excluding hydrogens is 349 g/mol. The Hall–Kier alpha value is -1.70. The Morgan fingerprint density at radius 2 is 1.85 bits per heavy atom. The molecule has 148 valence electrons. The largest absolute Gasteiger partial charge is 0.347 e. The average molecular weight is 377 g/mol. The molecule has 1 unspecified atom stereocenters. The van der Waals surface area contributed by atoms with Crippen LogP contribution in [0.5, 0.6) is 0 Å². The quantitative estimate of drug-likeness (QED) is 0.861. The van der Waals surface area contributed by atoms with Crippen molar-refractivity contribution in [1.82, 2.24) is 9.80 Å². The zero-order valence-corrected chi connectivity index (χ0v) is 15.7. The minimum Gasteiger partial charge on any atom is -0.347 e. The van der Waals surface area contributed by atoms with Gasteiger partial charge in [0, 0.05) is 19.1 Å². The predicted octanol–water partition coefficient (Wildman–Crippen LogP) is 3.05. The van der Waals surface area contributed by atoms with E-state index in [2.05, 4.69) is 10.2 Å². The van der Waals surface area contributed by atoms with E-state index in [-0.39, 0.29) is 11.7 Å². The molecule has 0 aromatic heterocycles. The smallest absolute Gasteiger partial charge is 0.322 e. The van der Waals surface area contributed by atoms with Gasteiger partial charge in [0.05, 0.1) is 32.0 Å². The number of benzene rings is 1. The van der Waals surface area contributed by atoms with Crippen molar-refractivity contribution in [3.05, 3.63) is 30.1 Å². The van der Waals surface area contributed by atoms with E-state index in [1.54, 1.807) is 23.1 Å². The van der Waals surface area contributed by atoms with Crippen LogP contribution >= 0.6 is 0 Å². The maximum Gasteiger partial charge on any atom is 0.322 e. The highest BCUT2D eigenvalue weighted by Gasteiger charge is 2.43. The first-order valence-corrected chi connectivity index (χ1v) is 9.98. The zero-order chi connectivity index (χ0) is 18.7. The number of rotatable bonds is 2. The van der Waals surface area contributed by atoms with Crippen molar-refractivity contribution >= 4 is 11.7 Å². The van der Waals surface area contributed by atoms with Crippen molar-refractivity contribution in [3.63, 3.8) is 0 Å². The summed E-state index contributed by atoms with van der Waals surface area (Å²) in [6.45, 7) is 3.57. The Balaban J connectivity index is 1.44. The molecule has 1 saturated carbocycles. The molecule has 1 aromatic carbocycles. The number of ether oxygens (including phenoxy) is 2. The number of halogens is 1. The molecule has 3 fully saturated rings. The maximum absolute atomic E-state index is 13.9. The van der Waals surface area contributed by atoms with Gasteiger partial charge in [0.2, 0.25) is 0 Å². The Labute approximate surface area is 159 Å². The van der Waals surface area contributed by atoms with E-state index in [4.69, 9.17) is 9.47 Å². The lowest BCUT2D eigenvalue weighted by molar-refractivity contribution is -0.261. The molecule has 4 rings (SSSR count). The summed E-state index contributed by atoms with van der Waals surface area (Å²) in [5, 5.41) is 2.67. The first-order valence-electron chi connectivity index (χ1n) is 9.98. The van der Waals surface area contributed by atoms with Crippen molar-refractivity contribution in [2.24, 2.45) is 0 Å². The number of para-hydroxylation sites is 1. The van der Waals surface area contributed by atoms with E-state index in [1.165, 1.54) is 31.7 Å². The van der Waals surface area contributed by atoms with E-state index in [9.17, 15) is 9.18 Å². The average Bonchev–Trinajstić information content (AvgIpc) is 3.14. The van der Waals surface area contributed by atoms with Gasteiger partial charge in [-0.25, -0.2) is 9.18 Å². The molecule has 0 radical (unpaired) electrons. The SMILES string of the molecule is O=C(Nc1ccccc1F)N1CCOC2(C1)CN(C1CCCC1)CCCO2. The predicted molar refractivity (Wildman–Crippen MR) is 100 cm³/mol. The first kappa shape index (κ1) is 18.7. The number of hydrogen-bond acceptors (Lipinski definition) is 4. The molecule has 1 atom stereocenters. The molecule has 2 heterocycles. The zero-order valence-electron chi connectivity index (χ0n) is 15.7. The van der Waals surface area contributed by atoms with Crippen molar-refractivity contribution in [2.75, 3.05) is 44.7 Å². The fraction of sp³-hybridized carbons (Fsp3) is 0.650. The lowest BCUT2D eigenvalue weighted by Gasteiger charge is -2.44. The normalized spacial score (nSPS) is 27.7. The number of nitrogens with zero attached hydrogens (tertiary/aromatic N) is 2. The van der Waals surface area contributed by atoms with E-state index in [1.807, 2.05) is 0 Å². The molecule has 1 spiro atoms. The van der Waals surface area contributed by atoms with Gasteiger partial charge in [0.15, 0.2) is 5.79 Å². The third kappa shape index (κ3) is 4.25. The van der Waals surface area contributed by atoms with E-state index < -0.39 is 11.6 Å². The summed E-state index contributed by atoms with van der Waals surface area (Å²) in [6.07, 6.45) is 6.00. The van der Waals surface area contributed by atoms with Gasteiger partial charge in [-0.3, -0.25) is 4.90 Å². The van der Waals surface area contributed by atoms with Crippen molar-refractivity contribution in [1.29, 1.82) is 0 Å². The number of nitrogens with one attached hydrogen (secondary N) is 1. The summed E-state index contributed by atoms with van der Waals surface area (Å²) in [5.74, 6) is -1.23. The number of morpholine rings is 1. The molecule has 0 bridgehead atoms. The Morgan fingerprint density at radius 1 is 1.07 bits per heavy atom. The van der Waals surface area contributed by atoms with Crippen LogP contribution < -0.4 is 5.32 Å². The molecule has 2 aliphatic heterocycles. The second-order valence-corrected chi connectivity index (χ2v) is 7.70. The summed E-state index contributed by atoms with van der Waals surface area (Å²) in [7, 11) is 0. The first-order chi connectivity index (χ1) is 13.2. The van der Waals surface area contributed by atoms with Gasteiger partial charge in [0.1, 0.15) is 5.82 Å². The number of anilines is 1. The minimum absolute atomic E-state index is 0.192. The molecule has 2 saturated heterocycles. The standard InChI is InChI=1S/C20H28FN3O3/c21-17-8-3-4-9-18(17)22-19(25)24-11-13-27-20(15-24)14-23(10-5-12-26-20)16-6-1-2-7-16/h3-4,8-9,16H,1-2,5-7,10-15H2,(H,22,25). The molecule has 2 amide bonds. The van der Waals surface area contributed by atoms with Crippen LogP contribution in [0.1, 0.15) is 32.1 Å². The second-order valence-electron chi connectivity index (χ2n) is 7.70. The number of carbonyl (C=O) groups excluding carboxylic acids is 1. The Bertz CT molecular complexity index is 668. The van der Waals surface area contributed by atoms with Crippen molar-refractivity contribution in [2.45, 2.75) is 43.9 Å². The topological polar surface area (TPSA) is 54.0 Å². The minimum atomic E-state index is -0.788. The van der Waals surface area contributed by atoms with Gasteiger partial charge >= 0.3 is 6.03 Å². The van der Waals surface area contributed by atoms with E-state index >= 15 is 0 Å². The fourth-order valence-corrected chi connectivity index (χ4v) is 4.41. The van der Waals surface area contributed by atoms with Gasteiger partial charge in [-0.1, -0.05) is 25.0 Å². The Kier molecular flexibility index (Phi) is 5.61. The van der Waals surface area contributed by atoms with Crippen LogP contribution in [0.3, 0.4) is 0 Å². The highest BCUT2D eigenvalue weighted by molar-refractivity contribution is 5.89. The monoisotopic (exact) mass is 377 g/mol. The van der Waals surface area contributed by atoms with Crippen LogP contribution in [0.2, 0.25) is 0 Å². The third-order valence-corrected chi connectivity index (χ3v) is 5.80. The highest BCUT2D eigenvalue weighted by atomic mass is 19.1. The second kappa shape index (κ2) is 8.12. The van der Waals surface area contributed by atoms with Crippen molar-refractivity contribution < 1.29 is 18.7 Å². The molecule has 1 aliphatic carbocycles. The van der Waals surface area contributed by atoms with Crippen LogP contribution in [-0.2, 0) is 9.47 Å². The summed E-state index contributed by atoms with van der Waals surface area (Å²) in [5.41, 5.74) is 0.192. The van der Waals surface area contributed by atoms with Crippen LogP contribution in [0.15, 0.2) is 24.3 Å². The van der Waals surface area contributed by atoms with Crippen LogP contribution in [0.4, 0.5) is 14.9 Å². The summed E-state index contributed by atoms with van der Waals surface area (Å²) in [6, 6.07) is 6.48. The van der Waals surface area contributed by atoms with Gasteiger partial charge < -0.3 is 19.7 Å². The van der Waals surface area contributed by atoms with Gasteiger partial charge in [-0.2, -0.15) is 0 Å². The lowest BCUT2D eigenvalue weighted by Crippen LogP contribution is -2.60. The Morgan fingerprint density at radius 3 is 2.67 bits per heavy atom. The highest BCUT2D eigenvalue weighted by Crippen LogP contribution is 2.30. The number of urea groups is 1.